The quantitative estimate of drug-likeness (QED) is 0.778. The van der Waals surface area contributed by atoms with Crippen molar-refractivity contribution in [3.05, 3.63) is 27.2 Å². The van der Waals surface area contributed by atoms with Crippen LogP contribution in [0.3, 0.4) is 0 Å². The summed E-state index contributed by atoms with van der Waals surface area (Å²) in [4.78, 5) is 22.6. The van der Waals surface area contributed by atoms with Crippen LogP contribution in [0.25, 0.3) is 0 Å². The Labute approximate surface area is 132 Å². The number of carbonyl (C=O) groups excluding carboxylic acids is 1. The highest BCUT2D eigenvalue weighted by molar-refractivity contribution is 6.44. The zero-order chi connectivity index (χ0) is 15.5. The average Bonchev–Trinajstić information content (AvgIpc) is 2.22. The van der Waals surface area contributed by atoms with Crippen LogP contribution in [0.15, 0.2) is 12.1 Å². The van der Waals surface area contributed by atoms with Gasteiger partial charge in [-0.3, -0.25) is 9.59 Å². The maximum absolute atomic E-state index is 11.9. The first-order valence-electron chi connectivity index (χ1n) is 5.77. The molecule has 0 bridgehead atoms. The van der Waals surface area contributed by atoms with Gasteiger partial charge in [-0.25, -0.2) is 0 Å². The molecule has 0 aliphatic carbocycles. The van der Waals surface area contributed by atoms with E-state index in [2.05, 4.69) is 5.32 Å². The molecule has 1 aromatic rings. The predicted octanol–water partition coefficient (Wildman–Crippen LogP) is 4.48. The van der Waals surface area contributed by atoms with Gasteiger partial charge >= 0.3 is 5.97 Å². The lowest BCUT2D eigenvalue weighted by Crippen LogP contribution is -2.24. The van der Waals surface area contributed by atoms with Gasteiger partial charge in [0.05, 0.1) is 27.2 Å². The summed E-state index contributed by atoms with van der Waals surface area (Å²) < 4.78 is 0. The number of anilines is 1. The highest BCUT2D eigenvalue weighted by Gasteiger charge is 2.25. The van der Waals surface area contributed by atoms with Crippen molar-refractivity contribution in [1.82, 2.24) is 0 Å². The molecule has 0 aromatic heterocycles. The van der Waals surface area contributed by atoms with E-state index in [0.717, 1.165) is 0 Å². The number of hydrogen-bond donors (Lipinski definition) is 2. The Bertz CT molecular complexity index is 544. The lowest BCUT2D eigenvalue weighted by Gasteiger charge is -2.21. The summed E-state index contributed by atoms with van der Waals surface area (Å²) >= 11 is 17.6. The van der Waals surface area contributed by atoms with Gasteiger partial charge in [-0.05, 0) is 17.5 Å². The maximum atomic E-state index is 11.9. The second kappa shape index (κ2) is 6.66. The Morgan fingerprint density at radius 1 is 1.10 bits per heavy atom. The average molecular weight is 339 g/mol. The van der Waals surface area contributed by atoms with Crippen molar-refractivity contribution < 1.29 is 14.7 Å². The Morgan fingerprint density at radius 2 is 1.65 bits per heavy atom. The van der Waals surface area contributed by atoms with Crippen LogP contribution < -0.4 is 5.32 Å². The Morgan fingerprint density at radius 3 is 2.20 bits per heavy atom. The summed E-state index contributed by atoms with van der Waals surface area (Å²) in [7, 11) is 0. The minimum Gasteiger partial charge on any atom is -0.481 e. The molecule has 0 aliphatic rings. The van der Waals surface area contributed by atoms with Crippen molar-refractivity contribution in [3.8, 4) is 0 Å². The first-order chi connectivity index (χ1) is 9.10. The van der Waals surface area contributed by atoms with Crippen LogP contribution in [0.5, 0.6) is 0 Å². The van der Waals surface area contributed by atoms with Gasteiger partial charge in [0.25, 0.3) is 0 Å². The summed E-state index contributed by atoms with van der Waals surface area (Å²) in [5, 5.41) is 12.2. The third-order valence-corrected chi connectivity index (χ3v) is 3.59. The minimum absolute atomic E-state index is 0.0515. The van der Waals surface area contributed by atoms with Crippen molar-refractivity contribution in [2.75, 3.05) is 5.32 Å². The lowest BCUT2D eigenvalue weighted by molar-refractivity contribution is -0.139. The first kappa shape index (κ1) is 17.1. The molecule has 1 aromatic carbocycles. The highest BCUT2D eigenvalue weighted by atomic mass is 35.5. The van der Waals surface area contributed by atoms with Gasteiger partial charge in [0.1, 0.15) is 0 Å². The number of amides is 1. The third kappa shape index (κ3) is 5.19. The lowest BCUT2D eigenvalue weighted by atomic mass is 9.85. The van der Waals surface area contributed by atoms with Crippen molar-refractivity contribution in [3.63, 3.8) is 0 Å². The molecule has 0 aliphatic heterocycles. The molecule has 4 nitrogen and oxygen atoms in total. The number of nitrogens with one attached hydrogen (secondary N) is 1. The molecule has 110 valence electrons. The van der Waals surface area contributed by atoms with Crippen LogP contribution >= 0.6 is 34.8 Å². The Balaban J connectivity index is 2.77. The molecule has 0 saturated heterocycles. The molecule has 20 heavy (non-hydrogen) atoms. The molecular formula is C13H14Cl3NO3. The fourth-order valence-electron chi connectivity index (χ4n) is 1.72. The molecule has 0 fully saturated rings. The SMILES string of the molecule is CC(C)(CC(=O)O)CC(=O)Nc1cc(Cl)c(Cl)cc1Cl. The number of halogens is 3. The zero-order valence-electron chi connectivity index (χ0n) is 11.0. The number of carboxylic acid groups (broad SMARTS) is 1. The van der Waals surface area contributed by atoms with E-state index in [-0.39, 0.29) is 28.8 Å². The summed E-state index contributed by atoms with van der Waals surface area (Å²) in [6.45, 7) is 3.41. The smallest absolute Gasteiger partial charge is 0.303 e. The van der Waals surface area contributed by atoms with E-state index in [1.165, 1.54) is 12.1 Å². The number of hydrogen-bond acceptors (Lipinski definition) is 2. The second-order valence-corrected chi connectivity index (χ2v) is 6.43. The molecule has 0 radical (unpaired) electrons. The number of aliphatic carboxylic acids is 1. The Kier molecular flexibility index (Phi) is 5.68. The van der Waals surface area contributed by atoms with E-state index in [1.807, 2.05) is 0 Å². The number of benzene rings is 1. The normalized spacial score (nSPS) is 11.2. The van der Waals surface area contributed by atoms with E-state index in [1.54, 1.807) is 13.8 Å². The summed E-state index contributed by atoms with van der Waals surface area (Å²) in [5.41, 5.74) is -0.310. The van der Waals surface area contributed by atoms with Gasteiger partial charge in [-0.15, -0.1) is 0 Å². The van der Waals surface area contributed by atoms with E-state index < -0.39 is 11.4 Å². The zero-order valence-corrected chi connectivity index (χ0v) is 13.2. The minimum atomic E-state index is -0.949. The van der Waals surface area contributed by atoms with E-state index in [9.17, 15) is 9.59 Å². The highest BCUT2D eigenvalue weighted by Crippen LogP contribution is 2.33. The largest absolute Gasteiger partial charge is 0.481 e. The van der Waals surface area contributed by atoms with E-state index in [4.69, 9.17) is 39.9 Å². The fourth-order valence-corrected chi connectivity index (χ4v) is 2.31. The maximum Gasteiger partial charge on any atom is 0.303 e. The number of carbonyl (C=O) groups is 2. The van der Waals surface area contributed by atoms with Crippen LogP contribution in [0.4, 0.5) is 5.69 Å². The number of rotatable bonds is 5. The molecule has 2 N–H and O–H groups in total. The first-order valence-corrected chi connectivity index (χ1v) is 6.90. The fraction of sp³-hybridized carbons (Fsp3) is 0.385. The standard InChI is InChI=1S/C13H14Cl3NO3/c1-13(2,6-12(19)20)5-11(18)17-10-4-8(15)7(14)3-9(10)16/h3-4H,5-6H2,1-2H3,(H,17,18)(H,19,20). The van der Waals surface area contributed by atoms with Gasteiger partial charge in [-0.1, -0.05) is 48.7 Å². The summed E-state index contributed by atoms with van der Waals surface area (Å²) in [6.07, 6.45) is -0.0502. The topological polar surface area (TPSA) is 66.4 Å². The van der Waals surface area contributed by atoms with Crippen LogP contribution in [0.1, 0.15) is 26.7 Å². The summed E-state index contributed by atoms with van der Waals surface area (Å²) in [6, 6.07) is 2.89. The van der Waals surface area contributed by atoms with Gasteiger partial charge < -0.3 is 10.4 Å². The molecule has 0 saturated carbocycles. The molecule has 1 rings (SSSR count). The molecule has 0 atom stereocenters. The van der Waals surface area contributed by atoms with E-state index in [0.29, 0.717) is 10.7 Å². The number of carboxylic acids is 1. The summed E-state index contributed by atoms with van der Waals surface area (Å²) in [5.74, 6) is -1.29. The molecule has 0 heterocycles. The van der Waals surface area contributed by atoms with Crippen LogP contribution in [0, 0.1) is 5.41 Å². The van der Waals surface area contributed by atoms with Crippen LogP contribution in [-0.4, -0.2) is 17.0 Å². The molecule has 0 spiro atoms. The molecule has 1 amide bonds. The Hall–Kier alpha value is -0.970. The van der Waals surface area contributed by atoms with E-state index >= 15 is 0 Å². The van der Waals surface area contributed by atoms with Gasteiger partial charge in [0.15, 0.2) is 0 Å². The molecule has 0 unspecified atom stereocenters. The van der Waals surface area contributed by atoms with Crippen LogP contribution in [-0.2, 0) is 9.59 Å². The molecule has 7 heteroatoms. The van der Waals surface area contributed by atoms with Crippen molar-refractivity contribution >= 4 is 52.4 Å². The molecular weight excluding hydrogens is 325 g/mol. The van der Waals surface area contributed by atoms with Crippen LogP contribution in [0.2, 0.25) is 15.1 Å². The second-order valence-electron chi connectivity index (χ2n) is 5.21. The van der Waals surface area contributed by atoms with Crippen molar-refractivity contribution in [2.45, 2.75) is 26.7 Å². The monoisotopic (exact) mass is 337 g/mol. The third-order valence-electron chi connectivity index (χ3n) is 2.55. The van der Waals surface area contributed by atoms with Crippen molar-refractivity contribution in [1.29, 1.82) is 0 Å². The van der Waals surface area contributed by atoms with Gasteiger partial charge in [0.2, 0.25) is 5.91 Å². The van der Waals surface area contributed by atoms with Gasteiger partial charge in [0, 0.05) is 6.42 Å². The van der Waals surface area contributed by atoms with Gasteiger partial charge in [-0.2, -0.15) is 0 Å². The van der Waals surface area contributed by atoms with Crippen molar-refractivity contribution in [2.24, 2.45) is 5.41 Å². The predicted molar refractivity (Wildman–Crippen MR) is 80.8 cm³/mol.